The monoisotopic (exact) mass is 435 g/mol. The minimum Gasteiger partial charge on any atom is -0.466 e. The van der Waals surface area contributed by atoms with E-state index in [1.54, 1.807) is 0 Å². The molecule has 2 heterocycles. The van der Waals surface area contributed by atoms with Crippen LogP contribution in [0.1, 0.15) is 37.4 Å². The number of rotatable bonds is 6. The molecule has 1 saturated heterocycles. The van der Waals surface area contributed by atoms with Crippen LogP contribution in [-0.2, 0) is 11.3 Å². The first kappa shape index (κ1) is 20.3. The Kier molecular flexibility index (Phi) is 8.98. The number of guanidine groups is 1. The van der Waals surface area contributed by atoms with E-state index >= 15 is 0 Å². The van der Waals surface area contributed by atoms with Crippen LogP contribution in [-0.4, -0.2) is 43.7 Å². The molecule has 6 heteroatoms. The van der Waals surface area contributed by atoms with E-state index in [9.17, 15) is 0 Å². The summed E-state index contributed by atoms with van der Waals surface area (Å²) in [5.74, 6) is 3.53. The van der Waals surface area contributed by atoms with Crippen molar-refractivity contribution in [3.8, 4) is 0 Å². The predicted octanol–water partition coefficient (Wildman–Crippen LogP) is 3.34. The third kappa shape index (κ3) is 5.99. The van der Waals surface area contributed by atoms with Crippen LogP contribution in [0.3, 0.4) is 0 Å². The molecule has 132 valence electrons. The van der Waals surface area contributed by atoms with E-state index < -0.39 is 0 Å². The van der Waals surface area contributed by atoms with Gasteiger partial charge < -0.3 is 19.4 Å². The molecule has 1 fully saturated rings. The molecule has 1 atom stereocenters. The van der Waals surface area contributed by atoms with Crippen molar-refractivity contribution < 1.29 is 9.15 Å². The fourth-order valence-corrected chi connectivity index (χ4v) is 2.87. The number of furan rings is 1. The molecule has 23 heavy (non-hydrogen) atoms. The lowest BCUT2D eigenvalue weighted by Crippen LogP contribution is -2.40. The predicted molar refractivity (Wildman–Crippen MR) is 105 cm³/mol. The van der Waals surface area contributed by atoms with Crippen LogP contribution in [0.5, 0.6) is 0 Å². The maximum absolute atomic E-state index is 5.57. The van der Waals surface area contributed by atoms with E-state index in [4.69, 9.17) is 14.1 Å². The van der Waals surface area contributed by atoms with Gasteiger partial charge in [0, 0.05) is 37.7 Å². The minimum absolute atomic E-state index is 0. The van der Waals surface area contributed by atoms with Crippen LogP contribution in [0, 0.1) is 19.8 Å². The van der Waals surface area contributed by atoms with Crippen molar-refractivity contribution in [1.82, 2.24) is 10.2 Å². The van der Waals surface area contributed by atoms with Crippen molar-refractivity contribution in [2.24, 2.45) is 10.9 Å². The SMILES string of the molecule is CCNC(=NCc1cc(C)oc1C)N1CCC(COCC)C1.I. The average molecular weight is 435 g/mol. The lowest BCUT2D eigenvalue weighted by Gasteiger charge is -2.21. The Morgan fingerprint density at radius 3 is 2.83 bits per heavy atom. The smallest absolute Gasteiger partial charge is 0.194 e. The first-order valence-electron chi connectivity index (χ1n) is 8.30. The molecular weight excluding hydrogens is 405 g/mol. The lowest BCUT2D eigenvalue weighted by molar-refractivity contribution is 0.114. The van der Waals surface area contributed by atoms with Gasteiger partial charge in [-0.15, -0.1) is 24.0 Å². The Morgan fingerprint density at radius 1 is 1.43 bits per heavy atom. The number of ether oxygens (including phenoxy) is 1. The third-order valence-corrected chi connectivity index (χ3v) is 4.02. The number of likely N-dealkylation sites (tertiary alicyclic amines) is 1. The van der Waals surface area contributed by atoms with Gasteiger partial charge in [0.05, 0.1) is 13.2 Å². The highest BCUT2D eigenvalue weighted by Gasteiger charge is 2.24. The van der Waals surface area contributed by atoms with Crippen molar-refractivity contribution >= 4 is 29.9 Å². The number of nitrogens with one attached hydrogen (secondary N) is 1. The molecular formula is C17H30IN3O2. The summed E-state index contributed by atoms with van der Waals surface area (Å²) >= 11 is 0. The highest BCUT2D eigenvalue weighted by atomic mass is 127. The van der Waals surface area contributed by atoms with Gasteiger partial charge in [0.1, 0.15) is 11.5 Å². The molecule has 1 unspecified atom stereocenters. The Hall–Kier alpha value is -0.760. The van der Waals surface area contributed by atoms with Crippen molar-refractivity contribution in [3.63, 3.8) is 0 Å². The van der Waals surface area contributed by atoms with Gasteiger partial charge in [0.15, 0.2) is 5.96 Å². The minimum atomic E-state index is 0. The Morgan fingerprint density at radius 2 is 2.22 bits per heavy atom. The maximum atomic E-state index is 5.57. The number of aryl methyl sites for hydroxylation is 2. The third-order valence-electron chi connectivity index (χ3n) is 4.02. The topological polar surface area (TPSA) is 50.0 Å². The Balaban J connectivity index is 0.00000264. The summed E-state index contributed by atoms with van der Waals surface area (Å²) in [5.41, 5.74) is 1.16. The lowest BCUT2D eigenvalue weighted by atomic mass is 10.1. The first-order valence-corrected chi connectivity index (χ1v) is 8.30. The van der Waals surface area contributed by atoms with Crippen LogP contribution in [0.25, 0.3) is 0 Å². The molecule has 1 aliphatic heterocycles. The second kappa shape index (κ2) is 10.2. The van der Waals surface area contributed by atoms with Crippen molar-refractivity contribution in [2.45, 2.75) is 40.7 Å². The molecule has 0 aromatic carbocycles. The molecule has 0 radical (unpaired) electrons. The summed E-state index contributed by atoms with van der Waals surface area (Å²) in [4.78, 5) is 7.13. The molecule has 1 aromatic heterocycles. The summed E-state index contributed by atoms with van der Waals surface area (Å²) in [6, 6.07) is 2.07. The van der Waals surface area contributed by atoms with E-state index in [1.807, 2.05) is 20.8 Å². The molecule has 0 aliphatic carbocycles. The van der Waals surface area contributed by atoms with E-state index in [-0.39, 0.29) is 24.0 Å². The summed E-state index contributed by atoms with van der Waals surface area (Å²) in [6.07, 6.45) is 1.17. The standard InChI is InChI=1S/C17H29N3O2.HI/c1-5-18-17(19-10-16-9-13(3)22-14(16)4)20-8-7-15(11-20)12-21-6-2;/h9,15H,5-8,10-12H2,1-4H3,(H,18,19);1H. The summed E-state index contributed by atoms with van der Waals surface area (Å²) < 4.78 is 11.1. The summed E-state index contributed by atoms with van der Waals surface area (Å²) in [5, 5.41) is 3.40. The zero-order valence-corrected chi connectivity index (χ0v) is 17.1. The molecule has 5 nitrogen and oxygen atoms in total. The van der Waals surface area contributed by atoms with Crippen LogP contribution in [0.4, 0.5) is 0 Å². The van der Waals surface area contributed by atoms with Crippen LogP contribution in [0.15, 0.2) is 15.5 Å². The molecule has 0 amide bonds. The molecule has 0 spiro atoms. The average Bonchev–Trinajstić information content (AvgIpc) is 3.08. The van der Waals surface area contributed by atoms with Gasteiger partial charge in [-0.2, -0.15) is 0 Å². The van der Waals surface area contributed by atoms with E-state index in [0.29, 0.717) is 12.5 Å². The van der Waals surface area contributed by atoms with Gasteiger partial charge in [-0.25, -0.2) is 4.99 Å². The highest BCUT2D eigenvalue weighted by Crippen LogP contribution is 2.18. The zero-order valence-electron chi connectivity index (χ0n) is 14.7. The van der Waals surface area contributed by atoms with Crippen molar-refractivity contribution in [3.05, 3.63) is 23.2 Å². The van der Waals surface area contributed by atoms with Crippen LogP contribution < -0.4 is 5.32 Å². The van der Waals surface area contributed by atoms with Gasteiger partial charge in [0.25, 0.3) is 0 Å². The van der Waals surface area contributed by atoms with Crippen molar-refractivity contribution in [2.75, 3.05) is 32.8 Å². The fourth-order valence-electron chi connectivity index (χ4n) is 2.87. The van der Waals surface area contributed by atoms with E-state index in [1.165, 1.54) is 6.42 Å². The largest absolute Gasteiger partial charge is 0.466 e. The second-order valence-corrected chi connectivity index (χ2v) is 5.87. The molecule has 1 aromatic rings. The summed E-state index contributed by atoms with van der Waals surface area (Å²) in [7, 11) is 0. The van der Waals surface area contributed by atoms with E-state index in [2.05, 4.69) is 23.2 Å². The first-order chi connectivity index (χ1) is 10.6. The highest BCUT2D eigenvalue weighted by molar-refractivity contribution is 14.0. The number of hydrogen-bond acceptors (Lipinski definition) is 3. The zero-order chi connectivity index (χ0) is 15.9. The Bertz CT molecular complexity index is 502. The quantitative estimate of drug-likeness (QED) is 0.423. The molecule has 0 saturated carbocycles. The molecule has 2 rings (SSSR count). The van der Waals surface area contributed by atoms with Gasteiger partial charge in [0.2, 0.25) is 0 Å². The van der Waals surface area contributed by atoms with Gasteiger partial charge in [-0.1, -0.05) is 0 Å². The number of halogens is 1. The fraction of sp³-hybridized carbons (Fsp3) is 0.706. The summed E-state index contributed by atoms with van der Waals surface area (Å²) in [6.45, 7) is 13.4. The number of aliphatic imine (C=N–C) groups is 1. The normalized spacial score (nSPS) is 18.2. The number of hydrogen-bond donors (Lipinski definition) is 1. The van der Waals surface area contributed by atoms with Gasteiger partial charge in [-0.3, -0.25) is 0 Å². The second-order valence-electron chi connectivity index (χ2n) is 5.87. The van der Waals surface area contributed by atoms with Crippen molar-refractivity contribution in [1.29, 1.82) is 0 Å². The van der Waals surface area contributed by atoms with E-state index in [0.717, 1.165) is 55.9 Å². The van der Waals surface area contributed by atoms with Crippen LogP contribution >= 0.6 is 24.0 Å². The Labute approximate surface area is 156 Å². The number of nitrogens with zero attached hydrogens (tertiary/aromatic N) is 2. The molecule has 0 bridgehead atoms. The van der Waals surface area contributed by atoms with Gasteiger partial charge in [-0.05, 0) is 40.2 Å². The molecule has 1 aliphatic rings. The molecule has 1 N–H and O–H groups in total. The maximum Gasteiger partial charge on any atom is 0.194 e. The van der Waals surface area contributed by atoms with Crippen LogP contribution in [0.2, 0.25) is 0 Å². The van der Waals surface area contributed by atoms with Gasteiger partial charge >= 0.3 is 0 Å².